The van der Waals surface area contributed by atoms with Crippen LogP contribution < -0.4 is 0 Å². The van der Waals surface area contributed by atoms with Gasteiger partial charge < -0.3 is 9.52 Å². The first-order valence-electron chi connectivity index (χ1n) is 5.33. The molecular weight excluding hydrogens is 188 g/mol. The predicted octanol–water partition coefficient (Wildman–Crippen LogP) is 3.05. The van der Waals surface area contributed by atoms with Crippen molar-refractivity contribution in [2.75, 3.05) is 0 Å². The number of benzene rings is 1. The number of aryl methyl sites for hydroxylation is 2. The van der Waals surface area contributed by atoms with Gasteiger partial charge in [0.25, 0.3) is 0 Å². The lowest BCUT2D eigenvalue weighted by molar-refractivity contribution is 0.182. The first kappa shape index (κ1) is 10.2. The standard InChI is InChI=1S/C13H16O2/c1-9(14)7-8-12-10(2)11-5-3-4-6-13(11)15-12/h3-6,9,14H,7-8H2,1-2H3/t9-/m1/s1. The Morgan fingerprint density at radius 3 is 2.73 bits per heavy atom. The fourth-order valence-corrected chi connectivity index (χ4v) is 1.80. The van der Waals surface area contributed by atoms with E-state index in [1.165, 1.54) is 10.9 Å². The fourth-order valence-electron chi connectivity index (χ4n) is 1.80. The van der Waals surface area contributed by atoms with Crippen LogP contribution in [0, 0.1) is 6.92 Å². The number of fused-ring (bicyclic) bond motifs is 1. The Labute approximate surface area is 89.5 Å². The lowest BCUT2D eigenvalue weighted by Crippen LogP contribution is -2.01. The molecule has 2 aromatic rings. The van der Waals surface area contributed by atoms with Gasteiger partial charge in [-0.05, 0) is 31.9 Å². The van der Waals surface area contributed by atoms with Crippen LogP contribution in [0.4, 0.5) is 0 Å². The molecule has 0 radical (unpaired) electrons. The number of hydrogen-bond donors (Lipinski definition) is 1. The third-order valence-corrected chi connectivity index (χ3v) is 2.73. The highest BCUT2D eigenvalue weighted by Crippen LogP contribution is 2.25. The van der Waals surface area contributed by atoms with Crippen molar-refractivity contribution in [2.45, 2.75) is 32.8 Å². The van der Waals surface area contributed by atoms with Gasteiger partial charge in [-0.25, -0.2) is 0 Å². The molecule has 2 rings (SSSR count). The molecule has 1 aromatic carbocycles. The maximum atomic E-state index is 9.24. The van der Waals surface area contributed by atoms with Crippen LogP contribution >= 0.6 is 0 Å². The van der Waals surface area contributed by atoms with E-state index in [0.29, 0.717) is 0 Å². The van der Waals surface area contributed by atoms with Crippen LogP contribution in [0.15, 0.2) is 28.7 Å². The molecule has 1 aromatic heterocycles. The molecule has 0 saturated heterocycles. The average molecular weight is 204 g/mol. The van der Waals surface area contributed by atoms with E-state index in [1.54, 1.807) is 6.92 Å². The van der Waals surface area contributed by atoms with Crippen LogP contribution in [0.2, 0.25) is 0 Å². The molecule has 1 N–H and O–H groups in total. The Hall–Kier alpha value is -1.28. The van der Waals surface area contributed by atoms with Crippen molar-refractivity contribution in [3.63, 3.8) is 0 Å². The van der Waals surface area contributed by atoms with Crippen LogP contribution in [-0.2, 0) is 6.42 Å². The smallest absolute Gasteiger partial charge is 0.134 e. The average Bonchev–Trinajstić information content (AvgIpc) is 2.54. The number of rotatable bonds is 3. The summed E-state index contributed by atoms with van der Waals surface area (Å²) in [6, 6.07) is 8.04. The van der Waals surface area contributed by atoms with Gasteiger partial charge in [0.1, 0.15) is 11.3 Å². The lowest BCUT2D eigenvalue weighted by Gasteiger charge is -2.01. The van der Waals surface area contributed by atoms with Crippen LogP contribution in [0.5, 0.6) is 0 Å². The van der Waals surface area contributed by atoms with Gasteiger partial charge in [0, 0.05) is 11.8 Å². The Kier molecular flexibility index (Phi) is 2.78. The van der Waals surface area contributed by atoms with Crippen molar-refractivity contribution < 1.29 is 9.52 Å². The Balaban J connectivity index is 2.32. The molecule has 15 heavy (non-hydrogen) atoms. The second-order valence-electron chi connectivity index (χ2n) is 4.03. The summed E-state index contributed by atoms with van der Waals surface area (Å²) < 4.78 is 5.74. The Morgan fingerprint density at radius 1 is 1.33 bits per heavy atom. The van der Waals surface area contributed by atoms with Crippen LogP contribution in [0.25, 0.3) is 11.0 Å². The molecule has 1 heterocycles. The number of aliphatic hydroxyl groups is 1. The van der Waals surface area contributed by atoms with E-state index >= 15 is 0 Å². The molecule has 1 atom stereocenters. The largest absolute Gasteiger partial charge is 0.461 e. The topological polar surface area (TPSA) is 33.4 Å². The monoisotopic (exact) mass is 204 g/mol. The van der Waals surface area contributed by atoms with E-state index < -0.39 is 0 Å². The second-order valence-corrected chi connectivity index (χ2v) is 4.03. The van der Waals surface area contributed by atoms with E-state index in [0.717, 1.165) is 24.2 Å². The predicted molar refractivity (Wildman–Crippen MR) is 61.0 cm³/mol. The van der Waals surface area contributed by atoms with Gasteiger partial charge in [0.2, 0.25) is 0 Å². The van der Waals surface area contributed by atoms with Crippen molar-refractivity contribution in [2.24, 2.45) is 0 Å². The zero-order valence-electron chi connectivity index (χ0n) is 9.16. The summed E-state index contributed by atoms with van der Waals surface area (Å²) >= 11 is 0. The minimum atomic E-state index is -0.266. The van der Waals surface area contributed by atoms with E-state index in [-0.39, 0.29) is 6.10 Å². The minimum Gasteiger partial charge on any atom is -0.461 e. The van der Waals surface area contributed by atoms with Gasteiger partial charge in [0.05, 0.1) is 6.10 Å². The van der Waals surface area contributed by atoms with Gasteiger partial charge in [0.15, 0.2) is 0 Å². The van der Waals surface area contributed by atoms with Crippen molar-refractivity contribution in [3.05, 3.63) is 35.6 Å². The van der Waals surface area contributed by atoms with Gasteiger partial charge in [-0.3, -0.25) is 0 Å². The number of furan rings is 1. The van der Waals surface area contributed by atoms with E-state index in [2.05, 4.69) is 13.0 Å². The molecule has 0 unspecified atom stereocenters. The molecule has 0 aliphatic carbocycles. The maximum absolute atomic E-state index is 9.24. The molecular formula is C13H16O2. The van der Waals surface area contributed by atoms with E-state index in [1.807, 2.05) is 18.2 Å². The quantitative estimate of drug-likeness (QED) is 0.833. The van der Waals surface area contributed by atoms with Gasteiger partial charge in [-0.15, -0.1) is 0 Å². The van der Waals surface area contributed by atoms with Crippen LogP contribution in [0.1, 0.15) is 24.7 Å². The van der Waals surface area contributed by atoms with Gasteiger partial charge >= 0.3 is 0 Å². The van der Waals surface area contributed by atoms with Crippen molar-refractivity contribution in [1.29, 1.82) is 0 Å². The summed E-state index contributed by atoms with van der Waals surface area (Å²) in [7, 11) is 0. The van der Waals surface area contributed by atoms with E-state index in [4.69, 9.17) is 4.42 Å². The Morgan fingerprint density at radius 2 is 2.07 bits per heavy atom. The SMILES string of the molecule is Cc1c(CC[C@@H](C)O)oc2ccccc12. The zero-order valence-corrected chi connectivity index (χ0v) is 9.16. The summed E-state index contributed by atoms with van der Waals surface area (Å²) in [5, 5.41) is 10.4. The van der Waals surface area contributed by atoms with Crippen LogP contribution in [0.3, 0.4) is 0 Å². The highest BCUT2D eigenvalue weighted by molar-refractivity contribution is 5.81. The van der Waals surface area contributed by atoms with E-state index in [9.17, 15) is 5.11 Å². The number of para-hydroxylation sites is 1. The molecule has 0 saturated carbocycles. The van der Waals surface area contributed by atoms with Crippen molar-refractivity contribution in [3.8, 4) is 0 Å². The molecule has 80 valence electrons. The molecule has 2 heteroatoms. The van der Waals surface area contributed by atoms with Crippen molar-refractivity contribution >= 4 is 11.0 Å². The fraction of sp³-hybridized carbons (Fsp3) is 0.385. The third kappa shape index (κ3) is 2.05. The second kappa shape index (κ2) is 4.07. The summed E-state index contributed by atoms with van der Waals surface area (Å²) in [4.78, 5) is 0. The van der Waals surface area contributed by atoms with Gasteiger partial charge in [-0.1, -0.05) is 18.2 Å². The molecule has 2 nitrogen and oxygen atoms in total. The zero-order chi connectivity index (χ0) is 10.8. The molecule has 0 amide bonds. The molecule has 0 spiro atoms. The number of aliphatic hydroxyl groups excluding tert-OH is 1. The van der Waals surface area contributed by atoms with Crippen molar-refractivity contribution in [1.82, 2.24) is 0 Å². The maximum Gasteiger partial charge on any atom is 0.134 e. The third-order valence-electron chi connectivity index (χ3n) is 2.73. The van der Waals surface area contributed by atoms with Gasteiger partial charge in [-0.2, -0.15) is 0 Å². The minimum absolute atomic E-state index is 0.266. The number of hydrogen-bond acceptors (Lipinski definition) is 2. The molecule has 0 fully saturated rings. The first-order chi connectivity index (χ1) is 7.18. The highest BCUT2D eigenvalue weighted by Gasteiger charge is 2.10. The summed E-state index contributed by atoms with van der Waals surface area (Å²) in [5.74, 6) is 0.997. The van der Waals surface area contributed by atoms with Crippen LogP contribution in [-0.4, -0.2) is 11.2 Å². The first-order valence-corrected chi connectivity index (χ1v) is 5.33. The molecule has 0 aliphatic rings. The summed E-state index contributed by atoms with van der Waals surface area (Å²) in [6.45, 7) is 3.88. The Bertz CT molecular complexity index is 455. The molecule has 0 bridgehead atoms. The lowest BCUT2D eigenvalue weighted by atomic mass is 10.1. The summed E-state index contributed by atoms with van der Waals surface area (Å²) in [6.07, 6.45) is 1.29. The highest BCUT2D eigenvalue weighted by atomic mass is 16.3. The normalized spacial score (nSPS) is 13.3. The molecule has 0 aliphatic heterocycles. The summed E-state index contributed by atoms with van der Waals surface area (Å²) in [5.41, 5.74) is 2.14.